The number of aryl methyl sites for hydroxylation is 1. The molecule has 130 valence electrons. The van der Waals surface area contributed by atoms with E-state index >= 15 is 0 Å². The molecule has 1 aliphatic carbocycles. The molecule has 2 heterocycles. The number of amides is 1. The minimum atomic E-state index is -0.898. The molecule has 4 rings (SSSR count). The lowest BCUT2D eigenvalue weighted by Gasteiger charge is -2.04. The number of halogens is 2. The van der Waals surface area contributed by atoms with Crippen LogP contribution in [0.2, 0.25) is 0 Å². The zero-order valence-electron chi connectivity index (χ0n) is 13.0. The van der Waals surface area contributed by atoms with E-state index in [0.717, 1.165) is 32.4 Å². The summed E-state index contributed by atoms with van der Waals surface area (Å²) in [6.07, 6.45) is 1.56. The second-order valence-corrected chi connectivity index (χ2v) is 10.6. The molecule has 0 bridgehead atoms. The van der Waals surface area contributed by atoms with Crippen LogP contribution in [-0.2, 0) is 11.2 Å². The van der Waals surface area contributed by atoms with E-state index in [1.54, 1.807) is 34.4 Å². The first-order valence-corrected chi connectivity index (χ1v) is 11.2. The third-order valence-electron chi connectivity index (χ3n) is 3.98. The topological polar surface area (TPSA) is 42.0 Å². The van der Waals surface area contributed by atoms with Crippen molar-refractivity contribution in [1.29, 1.82) is 0 Å². The standard InChI is InChI=1S/C17H14Cl2N2OS3/c18-17(19)8-12(17)15(22)20-11-1-2-13-14(7-11)25-16(21-13)24-6-4-10-3-5-23-9-10/h1-3,5,7,9,12H,4,6,8H2,(H,20,22). The third-order valence-corrected chi connectivity index (χ3v) is 7.71. The fourth-order valence-electron chi connectivity index (χ4n) is 2.46. The van der Waals surface area contributed by atoms with Crippen molar-refractivity contribution in [2.75, 3.05) is 11.1 Å². The van der Waals surface area contributed by atoms with Crippen molar-refractivity contribution in [2.45, 2.75) is 21.5 Å². The fraction of sp³-hybridized carbons (Fsp3) is 0.294. The van der Waals surface area contributed by atoms with Crippen LogP contribution in [0.15, 0.2) is 39.4 Å². The molecule has 8 heteroatoms. The quantitative estimate of drug-likeness (QED) is 0.396. The van der Waals surface area contributed by atoms with Crippen LogP contribution in [0.4, 0.5) is 5.69 Å². The van der Waals surface area contributed by atoms with Crippen LogP contribution in [0.25, 0.3) is 10.2 Å². The molecular weight excluding hydrogens is 415 g/mol. The van der Waals surface area contributed by atoms with E-state index in [2.05, 4.69) is 27.1 Å². The monoisotopic (exact) mass is 428 g/mol. The van der Waals surface area contributed by atoms with E-state index in [-0.39, 0.29) is 11.8 Å². The highest BCUT2D eigenvalue weighted by atomic mass is 35.5. The maximum Gasteiger partial charge on any atom is 0.230 e. The van der Waals surface area contributed by atoms with Gasteiger partial charge in [0, 0.05) is 11.4 Å². The molecule has 1 unspecified atom stereocenters. The molecule has 3 aromatic rings. The first-order valence-electron chi connectivity index (χ1n) is 7.74. The van der Waals surface area contributed by atoms with Gasteiger partial charge < -0.3 is 5.32 Å². The normalized spacial score (nSPS) is 18.4. The fourth-order valence-corrected chi connectivity index (χ4v) is 5.84. The number of thiazole rings is 1. The Bertz CT molecular complexity index is 908. The molecule has 2 aromatic heterocycles. The highest BCUT2D eigenvalue weighted by Crippen LogP contribution is 2.53. The average molecular weight is 429 g/mol. The Morgan fingerprint density at radius 1 is 1.40 bits per heavy atom. The number of alkyl halides is 2. The predicted molar refractivity (Wildman–Crippen MR) is 110 cm³/mol. The molecule has 1 fully saturated rings. The smallest absolute Gasteiger partial charge is 0.230 e. The van der Waals surface area contributed by atoms with E-state index in [1.807, 2.05) is 18.2 Å². The van der Waals surface area contributed by atoms with Gasteiger partial charge in [-0.05, 0) is 53.4 Å². The Labute approximate surface area is 167 Å². The van der Waals surface area contributed by atoms with E-state index in [9.17, 15) is 4.79 Å². The van der Waals surface area contributed by atoms with Crippen molar-refractivity contribution in [3.63, 3.8) is 0 Å². The number of nitrogens with one attached hydrogen (secondary N) is 1. The number of nitrogens with zero attached hydrogens (tertiary/aromatic N) is 1. The third kappa shape index (κ3) is 4.14. The zero-order chi connectivity index (χ0) is 17.4. The molecule has 1 atom stereocenters. The molecule has 0 saturated heterocycles. The van der Waals surface area contributed by atoms with Crippen molar-refractivity contribution in [3.05, 3.63) is 40.6 Å². The summed E-state index contributed by atoms with van der Waals surface area (Å²) in [5, 5.41) is 7.18. The number of fused-ring (bicyclic) bond motifs is 1. The number of thioether (sulfide) groups is 1. The lowest BCUT2D eigenvalue weighted by atomic mass is 10.3. The van der Waals surface area contributed by atoms with E-state index in [0.29, 0.717) is 6.42 Å². The van der Waals surface area contributed by atoms with E-state index in [4.69, 9.17) is 23.2 Å². The van der Waals surface area contributed by atoms with Crippen LogP contribution in [0.5, 0.6) is 0 Å². The number of rotatable bonds is 6. The van der Waals surface area contributed by atoms with Crippen molar-refractivity contribution >= 4 is 79.4 Å². The first-order chi connectivity index (χ1) is 12.0. The summed E-state index contributed by atoms with van der Waals surface area (Å²) < 4.78 is 1.22. The van der Waals surface area contributed by atoms with Gasteiger partial charge in [0.15, 0.2) is 4.34 Å². The minimum absolute atomic E-state index is 0.126. The Kier molecular flexibility index (Phi) is 4.99. The van der Waals surface area contributed by atoms with Gasteiger partial charge in [0.2, 0.25) is 5.91 Å². The van der Waals surface area contributed by atoms with Crippen molar-refractivity contribution in [2.24, 2.45) is 5.92 Å². The van der Waals surface area contributed by atoms with Gasteiger partial charge in [0.25, 0.3) is 0 Å². The second kappa shape index (κ2) is 7.08. The summed E-state index contributed by atoms with van der Waals surface area (Å²) in [6, 6.07) is 7.92. The molecular formula is C17H14Cl2N2OS3. The Morgan fingerprint density at radius 2 is 2.24 bits per heavy atom. The van der Waals surface area contributed by atoms with Crippen LogP contribution in [0, 0.1) is 5.92 Å². The number of carbonyl (C=O) groups excluding carboxylic acids is 1. The first kappa shape index (κ1) is 17.6. The van der Waals surface area contributed by atoms with Crippen LogP contribution in [-0.4, -0.2) is 21.0 Å². The Hall–Kier alpha value is -0.790. The maximum atomic E-state index is 12.1. The summed E-state index contributed by atoms with van der Waals surface area (Å²) in [5.74, 6) is 0.561. The van der Waals surface area contributed by atoms with Gasteiger partial charge in [0.05, 0.1) is 16.1 Å². The van der Waals surface area contributed by atoms with Gasteiger partial charge in [-0.15, -0.1) is 34.5 Å². The molecule has 3 nitrogen and oxygen atoms in total. The van der Waals surface area contributed by atoms with E-state index < -0.39 is 4.33 Å². The van der Waals surface area contributed by atoms with Gasteiger partial charge in [-0.1, -0.05) is 11.8 Å². The van der Waals surface area contributed by atoms with E-state index in [1.165, 1.54) is 5.56 Å². The summed E-state index contributed by atoms with van der Waals surface area (Å²) in [7, 11) is 0. The molecule has 1 amide bonds. The molecule has 1 N–H and O–H groups in total. The zero-order valence-corrected chi connectivity index (χ0v) is 17.0. The largest absolute Gasteiger partial charge is 0.326 e. The van der Waals surface area contributed by atoms with Crippen LogP contribution < -0.4 is 5.32 Å². The van der Waals surface area contributed by atoms with Gasteiger partial charge in [-0.3, -0.25) is 4.79 Å². The number of hydrogen-bond acceptors (Lipinski definition) is 5. The van der Waals surface area contributed by atoms with Gasteiger partial charge in [-0.2, -0.15) is 11.3 Å². The number of aromatic nitrogens is 1. The minimum Gasteiger partial charge on any atom is -0.326 e. The number of anilines is 1. The molecule has 0 aliphatic heterocycles. The maximum absolute atomic E-state index is 12.1. The molecule has 0 spiro atoms. The Balaban J connectivity index is 1.39. The molecule has 25 heavy (non-hydrogen) atoms. The van der Waals surface area contributed by atoms with Gasteiger partial charge in [-0.25, -0.2) is 4.98 Å². The summed E-state index contributed by atoms with van der Waals surface area (Å²) in [6.45, 7) is 0. The molecule has 1 aliphatic rings. The van der Waals surface area contributed by atoms with Crippen molar-refractivity contribution < 1.29 is 4.79 Å². The van der Waals surface area contributed by atoms with Gasteiger partial charge >= 0.3 is 0 Å². The Morgan fingerprint density at radius 3 is 2.96 bits per heavy atom. The number of carbonyl (C=O) groups is 1. The highest BCUT2D eigenvalue weighted by Gasteiger charge is 2.56. The second-order valence-electron chi connectivity index (χ2n) is 5.90. The summed E-state index contributed by atoms with van der Waals surface area (Å²) in [5.41, 5.74) is 3.09. The predicted octanol–water partition coefficient (Wildman–Crippen LogP) is 5.82. The SMILES string of the molecule is O=C(Nc1ccc2nc(SCCc3ccsc3)sc2c1)C1CC1(Cl)Cl. The number of hydrogen-bond donors (Lipinski definition) is 1. The average Bonchev–Trinajstić information content (AvgIpc) is 2.97. The lowest BCUT2D eigenvalue weighted by Crippen LogP contribution is -2.16. The van der Waals surface area contributed by atoms with Crippen LogP contribution in [0.1, 0.15) is 12.0 Å². The number of benzene rings is 1. The van der Waals surface area contributed by atoms with Crippen LogP contribution >= 0.6 is 57.6 Å². The van der Waals surface area contributed by atoms with Crippen molar-refractivity contribution in [1.82, 2.24) is 4.98 Å². The summed E-state index contributed by atoms with van der Waals surface area (Å²) in [4.78, 5) is 16.7. The van der Waals surface area contributed by atoms with Gasteiger partial charge in [0.1, 0.15) is 4.33 Å². The molecule has 1 saturated carbocycles. The van der Waals surface area contributed by atoms with Crippen LogP contribution in [0.3, 0.4) is 0 Å². The molecule has 1 aromatic carbocycles. The van der Waals surface area contributed by atoms with Crippen molar-refractivity contribution in [3.8, 4) is 0 Å². The molecule has 0 radical (unpaired) electrons. The highest BCUT2D eigenvalue weighted by molar-refractivity contribution is 8.01. The number of thiophene rings is 1. The lowest BCUT2D eigenvalue weighted by molar-refractivity contribution is -0.117. The summed E-state index contributed by atoms with van der Waals surface area (Å²) >= 11 is 17.0.